The highest BCUT2D eigenvalue weighted by atomic mass is 16.4. The van der Waals surface area contributed by atoms with E-state index >= 15 is 0 Å². The number of carbonyl (C=O) groups is 1. The Labute approximate surface area is 131 Å². The molecule has 0 bridgehead atoms. The summed E-state index contributed by atoms with van der Waals surface area (Å²) in [5, 5.41) is 8.80. The van der Waals surface area contributed by atoms with Crippen molar-refractivity contribution in [1.82, 2.24) is 9.55 Å². The molecule has 0 aliphatic heterocycles. The molecule has 0 atom stereocenters. The largest absolute Gasteiger partial charge is 0.475 e. The summed E-state index contributed by atoms with van der Waals surface area (Å²) in [5.74, 6) is -0.943. The zero-order valence-corrected chi connectivity index (χ0v) is 12.2. The van der Waals surface area contributed by atoms with Gasteiger partial charge in [-0.1, -0.05) is 30.3 Å². The maximum atomic E-state index is 11.7. The second kappa shape index (κ2) is 6.31. The minimum Gasteiger partial charge on any atom is -0.475 e. The molecule has 0 unspecified atom stereocenters. The number of oxazole rings is 1. The molecule has 0 saturated carbocycles. The minimum absolute atomic E-state index is 0.0439. The molecule has 2 aromatic heterocycles. The third kappa shape index (κ3) is 3.55. The average Bonchev–Trinajstić information content (AvgIpc) is 3.00. The monoisotopic (exact) mass is 310 g/mol. The zero-order valence-electron chi connectivity index (χ0n) is 12.2. The molecular weight excluding hydrogens is 296 g/mol. The standard InChI is InChI=1S/C17H14N2O4/c20-16-3-1-2-8-19(16)11-13-6-4-12(5-7-13)9-15-18-10-14(23-15)17(21)22/h1-8,10H,9,11H2,(H,21,22). The molecule has 0 spiro atoms. The number of hydrogen-bond acceptors (Lipinski definition) is 4. The zero-order chi connectivity index (χ0) is 16.2. The van der Waals surface area contributed by atoms with Crippen LogP contribution < -0.4 is 5.56 Å². The molecule has 1 N–H and O–H groups in total. The fourth-order valence-electron chi connectivity index (χ4n) is 2.22. The lowest BCUT2D eigenvalue weighted by atomic mass is 10.1. The van der Waals surface area contributed by atoms with Crippen molar-refractivity contribution in [3.8, 4) is 0 Å². The Morgan fingerprint density at radius 3 is 2.52 bits per heavy atom. The number of rotatable bonds is 5. The first-order chi connectivity index (χ1) is 11.1. The molecule has 1 aromatic carbocycles. The van der Waals surface area contributed by atoms with Gasteiger partial charge in [0, 0.05) is 18.7 Å². The van der Waals surface area contributed by atoms with Gasteiger partial charge in [-0.3, -0.25) is 4.79 Å². The second-order valence-corrected chi connectivity index (χ2v) is 5.08. The predicted molar refractivity (Wildman–Crippen MR) is 82.5 cm³/mol. The molecule has 6 heteroatoms. The van der Waals surface area contributed by atoms with Crippen LogP contribution in [0.3, 0.4) is 0 Å². The van der Waals surface area contributed by atoms with Crippen LogP contribution in [0.1, 0.15) is 27.6 Å². The van der Waals surface area contributed by atoms with Crippen LogP contribution in [0.2, 0.25) is 0 Å². The van der Waals surface area contributed by atoms with Crippen LogP contribution in [0.4, 0.5) is 0 Å². The van der Waals surface area contributed by atoms with Gasteiger partial charge >= 0.3 is 5.97 Å². The number of carboxylic acids is 1. The molecule has 3 aromatic rings. The predicted octanol–water partition coefficient (Wildman–Crippen LogP) is 2.17. The van der Waals surface area contributed by atoms with Crippen molar-refractivity contribution in [2.45, 2.75) is 13.0 Å². The Kier molecular flexibility index (Phi) is 4.05. The summed E-state index contributed by atoms with van der Waals surface area (Å²) < 4.78 is 6.76. The highest BCUT2D eigenvalue weighted by molar-refractivity contribution is 5.83. The van der Waals surface area contributed by atoms with Crippen molar-refractivity contribution in [1.29, 1.82) is 0 Å². The molecule has 6 nitrogen and oxygen atoms in total. The van der Waals surface area contributed by atoms with E-state index in [-0.39, 0.29) is 11.3 Å². The third-order valence-electron chi connectivity index (χ3n) is 3.39. The van der Waals surface area contributed by atoms with Crippen LogP contribution in [0.5, 0.6) is 0 Å². The van der Waals surface area contributed by atoms with Gasteiger partial charge in [0.15, 0.2) is 5.89 Å². The molecule has 0 saturated heterocycles. The van der Waals surface area contributed by atoms with Crippen LogP contribution in [-0.4, -0.2) is 20.6 Å². The number of aromatic carboxylic acids is 1. The maximum Gasteiger partial charge on any atom is 0.373 e. The average molecular weight is 310 g/mol. The molecule has 2 heterocycles. The number of hydrogen-bond donors (Lipinski definition) is 1. The van der Waals surface area contributed by atoms with E-state index in [1.54, 1.807) is 16.8 Å². The highest BCUT2D eigenvalue weighted by Gasteiger charge is 2.10. The first kappa shape index (κ1) is 14.8. The second-order valence-electron chi connectivity index (χ2n) is 5.08. The van der Waals surface area contributed by atoms with Gasteiger partial charge < -0.3 is 14.1 Å². The van der Waals surface area contributed by atoms with E-state index in [4.69, 9.17) is 9.52 Å². The molecule has 0 aliphatic rings. The molecule has 0 fully saturated rings. The summed E-state index contributed by atoms with van der Waals surface area (Å²) in [4.78, 5) is 26.4. The van der Waals surface area contributed by atoms with E-state index in [9.17, 15) is 9.59 Å². The summed E-state index contributed by atoms with van der Waals surface area (Å²) in [6.07, 6.45) is 3.36. The first-order valence-corrected chi connectivity index (χ1v) is 7.03. The minimum atomic E-state index is -1.13. The van der Waals surface area contributed by atoms with Crippen LogP contribution in [0, 0.1) is 0 Å². The van der Waals surface area contributed by atoms with Gasteiger partial charge in [-0.15, -0.1) is 0 Å². The van der Waals surface area contributed by atoms with Gasteiger partial charge in [-0.05, 0) is 17.2 Å². The van der Waals surface area contributed by atoms with Crippen molar-refractivity contribution < 1.29 is 14.3 Å². The molecule has 0 radical (unpaired) electrons. The lowest BCUT2D eigenvalue weighted by Crippen LogP contribution is -2.18. The highest BCUT2D eigenvalue weighted by Crippen LogP contribution is 2.12. The van der Waals surface area contributed by atoms with Gasteiger partial charge in [-0.2, -0.15) is 0 Å². The summed E-state index contributed by atoms with van der Waals surface area (Å²) in [5.41, 5.74) is 1.91. The van der Waals surface area contributed by atoms with Crippen molar-refractivity contribution in [3.63, 3.8) is 0 Å². The first-order valence-electron chi connectivity index (χ1n) is 7.03. The van der Waals surface area contributed by atoms with Gasteiger partial charge in [0.05, 0.1) is 12.7 Å². The topological polar surface area (TPSA) is 85.3 Å². The maximum absolute atomic E-state index is 11.7. The van der Waals surface area contributed by atoms with E-state index in [2.05, 4.69) is 4.98 Å². The van der Waals surface area contributed by atoms with Gasteiger partial charge in [0.25, 0.3) is 5.56 Å². The number of nitrogens with zero attached hydrogens (tertiary/aromatic N) is 2. The molecular formula is C17H14N2O4. The summed E-state index contributed by atoms with van der Waals surface area (Å²) in [6.45, 7) is 0.502. The smallest absolute Gasteiger partial charge is 0.373 e. The van der Waals surface area contributed by atoms with E-state index < -0.39 is 5.97 Å². The Balaban J connectivity index is 1.70. The lowest BCUT2D eigenvalue weighted by Gasteiger charge is -2.06. The Bertz CT molecular complexity index is 878. The number of aromatic nitrogens is 2. The van der Waals surface area contributed by atoms with E-state index in [1.165, 1.54) is 12.3 Å². The quantitative estimate of drug-likeness (QED) is 0.780. The van der Waals surface area contributed by atoms with Crippen LogP contribution in [0.15, 0.2) is 64.1 Å². The molecule has 0 amide bonds. The molecule has 116 valence electrons. The van der Waals surface area contributed by atoms with Crippen molar-refractivity contribution in [2.75, 3.05) is 0 Å². The normalized spacial score (nSPS) is 10.6. The van der Waals surface area contributed by atoms with Gasteiger partial charge in [-0.25, -0.2) is 9.78 Å². The van der Waals surface area contributed by atoms with Crippen molar-refractivity contribution in [3.05, 3.63) is 88.0 Å². The van der Waals surface area contributed by atoms with Crippen LogP contribution in [0.25, 0.3) is 0 Å². The van der Waals surface area contributed by atoms with Crippen molar-refractivity contribution >= 4 is 5.97 Å². The summed E-state index contributed by atoms with van der Waals surface area (Å²) >= 11 is 0. The summed E-state index contributed by atoms with van der Waals surface area (Å²) in [7, 11) is 0. The molecule has 23 heavy (non-hydrogen) atoms. The SMILES string of the molecule is O=C(O)c1cnc(Cc2ccc(Cn3ccccc3=O)cc2)o1. The van der Waals surface area contributed by atoms with E-state index in [0.29, 0.717) is 18.9 Å². The summed E-state index contributed by atoms with van der Waals surface area (Å²) in [6, 6.07) is 12.7. The molecule has 0 aliphatic carbocycles. The Morgan fingerprint density at radius 2 is 1.87 bits per heavy atom. The Morgan fingerprint density at radius 1 is 1.13 bits per heavy atom. The fraction of sp³-hybridized carbons (Fsp3) is 0.118. The van der Waals surface area contributed by atoms with Crippen molar-refractivity contribution in [2.24, 2.45) is 0 Å². The van der Waals surface area contributed by atoms with Crippen LogP contribution in [-0.2, 0) is 13.0 Å². The number of carboxylic acid groups (broad SMARTS) is 1. The Hall–Kier alpha value is -3.15. The fourth-order valence-corrected chi connectivity index (χ4v) is 2.22. The number of benzene rings is 1. The van der Waals surface area contributed by atoms with Gasteiger partial charge in [0.2, 0.25) is 5.76 Å². The van der Waals surface area contributed by atoms with Gasteiger partial charge in [0.1, 0.15) is 0 Å². The number of pyridine rings is 1. The third-order valence-corrected chi connectivity index (χ3v) is 3.39. The lowest BCUT2D eigenvalue weighted by molar-refractivity contribution is 0.0660. The van der Waals surface area contributed by atoms with Crippen LogP contribution >= 0.6 is 0 Å². The van der Waals surface area contributed by atoms with E-state index in [0.717, 1.165) is 11.1 Å². The molecule has 3 rings (SSSR count). The van der Waals surface area contributed by atoms with E-state index in [1.807, 2.05) is 30.3 Å².